The fourth-order valence-corrected chi connectivity index (χ4v) is 3.75. The highest BCUT2D eigenvalue weighted by molar-refractivity contribution is 6.03. The second-order valence-corrected chi connectivity index (χ2v) is 9.94. The Morgan fingerprint density at radius 3 is 1.70 bits per heavy atom. The second kappa shape index (κ2) is 15.8. The van der Waals surface area contributed by atoms with Gasteiger partial charge >= 0.3 is 11.9 Å². The van der Waals surface area contributed by atoms with E-state index >= 15 is 0 Å². The molecule has 0 N–H and O–H groups in total. The molecule has 0 aliphatic carbocycles. The molecule has 33 heavy (non-hydrogen) atoms. The molecule has 2 unspecified atom stereocenters. The fourth-order valence-electron chi connectivity index (χ4n) is 3.75. The molecule has 0 aliphatic rings. The van der Waals surface area contributed by atoms with Gasteiger partial charge in [0.25, 0.3) is 0 Å². The molecule has 0 heterocycles. The lowest BCUT2D eigenvalue weighted by atomic mass is 10.0. The van der Waals surface area contributed by atoms with Crippen LogP contribution < -0.4 is 0 Å². The van der Waals surface area contributed by atoms with Gasteiger partial charge in [-0.2, -0.15) is 0 Å². The second-order valence-electron chi connectivity index (χ2n) is 9.94. The molecule has 0 saturated carbocycles. The van der Waals surface area contributed by atoms with Crippen molar-refractivity contribution in [2.24, 2.45) is 11.8 Å². The maximum Gasteiger partial charge on any atom is 0.342 e. The summed E-state index contributed by atoms with van der Waals surface area (Å²) in [7, 11) is 0. The average Bonchev–Trinajstić information content (AvgIpc) is 2.76. The molecular formula is C28H45FO4. The van der Waals surface area contributed by atoms with E-state index in [9.17, 15) is 14.0 Å². The van der Waals surface area contributed by atoms with Crippen LogP contribution in [0, 0.1) is 17.7 Å². The average molecular weight is 465 g/mol. The van der Waals surface area contributed by atoms with E-state index in [1.54, 1.807) is 0 Å². The molecule has 0 saturated heterocycles. The molecule has 1 aromatic rings. The number of unbranched alkanes of at least 4 members (excludes halogenated alkanes) is 2. The third kappa shape index (κ3) is 11.2. The first-order valence-electron chi connectivity index (χ1n) is 12.9. The van der Waals surface area contributed by atoms with Gasteiger partial charge in [-0.3, -0.25) is 0 Å². The quantitative estimate of drug-likeness (QED) is 0.232. The summed E-state index contributed by atoms with van der Waals surface area (Å²) in [6.45, 7) is 12.7. The van der Waals surface area contributed by atoms with Crippen LogP contribution in [0.25, 0.3) is 0 Å². The zero-order valence-electron chi connectivity index (χ0n) is 21.6. The first-order chi connectivity index (χ1) is 15.7. The Morgan fingerprint density at radius 2 is 1.24 bits per heavy atom. The van der Waals surface area contributed by atoms with E-state index in [-0.39, 0.29) is 23.3 Å². The number of carbonyl (C=O) groups is 2. The molecule has 0 aromatic heterocycles. The fraction of sp³-hybridized carbons (Fsp3) is 0.714. The van der Waals surface area contributed by atoms with Crippen molar-refractivity contribution in [2.45, 2.75) is 118 Å². The first-order valence-corrected chi connectivity index (χ1v) is 12.9. The lowest BCUT2D eigenvalue weighted by Gasteiger charge is -2.21. The van der Waals surface area contributed by atoms with Gasteiger partial charge in [-0.05, 0) is 62.5 Å². The zero-order valence-corrected chi connectivity index (χ0v) is 21.6. The topological polar surface area (TPSA) is 52.6 Å². The lowest BCUT2D eigenvalue weighted by Crippen LogP contribution is -2.24. The van der Waals surface area contributed by atoms with Crippen LogP contribution in [0.3, 0.4) is 0 Å². The standard InChI is InChI=1S/C28H45FO4/c1-7-9-12-22(18-16-20(3)4)32-27(30)24-14-11-15-25(29)26(24)28(31)33-23(13-10-8-2)19-17-21(5)6/h11,14-15,20-23H,7-10,12-13,16-19H2,1-6H3. The molecular weight excluding hydrogens is 419 g/mol. The number of hydrogen-bond acceptors (Lipinski definition) is 4. The van der Waals surface area contributed by atoms with E-state index in [0.717, 1.165) is 64.2 Å². The van der Waals surface area contributed by atoms with Crippen LogP contribution in [-0.4, -0.2) is 24.1 Å². The molecule has 0 radical (unpaired) electrons. The Labute approximate surface area is 200 Å². The number of esters is 2. The van der Waals surface area contributed by atoms with Crippen molar-refractivity contribution in [1.29, 1.82) is 0 Å². The van der Waals surface area contributed by atoms with E-state index in [1.807, 2.05) is 0 Å². The van der Waals surface area contributed by atoms with Gasteiger partial charge in [-0.1, -0.05) is 73.3 Å². The van der Waals surface area contributed by atoms with Gasteiger partial charge in [0.2, 0.25) is 0 Å². The summed E-state index contributed by atoms with van der Waals surface area (Å²) in [4.78, 5) is 26.0. The van der Waals surface area contributed by atoms with E-state index in [1.165, 1.54) is 18.2 Å². The highest BCUT2D eigenvalue weighted by Gasteiger charge is 2.27. The normalized spacial score (nSPS) is 13.2. The van der Waals surface area contributed by atoms with Gasteiger partial charge in [-0.25, -0.2) is 14.0 Å². The Bertz CT molecular complexity index is 714. The van der Waals surface area contributed by atoms with Gasteiger partial charge in [0.1, 0.15) is 23.6 Å². The Kier molecular flexibility index (Phi) is 14.0. The van der Waals surface area contributed by atoms with Crippen molar-refractivity contribution in [3.8, 4) is 0 Å². The van der Waals surface area contributed by atoms with Crippen molar-refractivity contribution >= 4 is 11.9 Å². The third-order valence-electron chi connectivity index (χ3n) is 5.88. The van der Waals surface area contributed by atoms with Crippen molar-refractivity contribution in [1.82, 2.24) is 0 Å². The molecule has 4 nitrogen and oxygen atoms in total. The predicted molar refractivity (Wildman–Crippen MR) is 132 cm³/mol. The van der Waals surface area contributed by atoms with E-state index in [4.69, 9.17) is 9.47 Å². The monoisotopic (exact) mass is 464 g/mol. The lowest BCUT2D eigenvalue weighted by molar-refractivity contribution is 0.0191. The highest BCUT2D eigenvalue weighted by atomic mass is 19.1. The van der Waals surface area contributed by atoms with Crippen molar-refractivity contribution in [3.63, 3.8) is 0 Å². The minimum atomic E-state index is -0.780. The summed E-state index contributed by atoms with van der Waals surface area (Å²) < 4.78 is 26.3. The summed E-state index contributed by atoms with van der Waals surface area (Å²) in [5, 5.41) is 0. The molecule has 188 valence electrons. The van der Waals surface area contributed by atoms with Crippen molar-refractivity contribution in [3.05, 3.63) is 35.1 Å². The molecule has 0 bridgehead atoms. The van der Waals surface area contributed by atoms with Crippen LogP contribution in [-0.2, 0) is 9.47 Å². The minimum absolute atomic E-state index is 0.0517. The number of carbonyl (C=O) groups excluding carboxylic acids is 2. The van der Waals surface area contributed by atoms with E-state index in [2.05, 4.69) is 41.5 Å². The summed E-state index contributed by atoms with van der Waals surface area (Å²) in [6.07, 6.45) is 8.18. The maximum atomic E-state index is 14.8. The molecule has 0 fully saturated rings. The number of rotatable bonds is 16. The van der Waals surface area contributed by atoms with Crippen LogP contribution in [0.15, 0.2) is 18.2 Å². The number of ether oxygens (including phenoxy) is 2. The number of halogens is 1. The van der Waals surface area contributed by atoms with Gasteiger partial charge < -0.3 is 9.47 Å². The molecule has 0 aliphatic heterocycles. The van der Waals surface area contributed by atoms with Crippen LogP contribution >= 0.6 is 0 Å². The number of hydrogen-bond donors (Lipinski definition) is 0. The molecule has 2 atom stereocenters. The van der Waals surface area contributed by atoms with Crippen LogP contribution in [0.5, 0.6) is 0 Å². The van der Waals surface area contributed by atoms with Crippen LogP contribution in [0.4, 0.5) is 4.39 Å². The van der Waals surface area contributed by atoms with Crippen LogP contribution in [0.2, 0.25) is 0 Å². The summed E-state index contributed by atoms with van der Waals surface area (Å²) in [6, 6.07) is 4.08. The first kappa shape index (κ1) is 29.1. The summed E-state index contributed by atoms with van der Waals surface area (Å²) in [5.74, 6) is -1.20. The Hall–Kier alpha value is -1.91. The largest absolute Gasteiger partial charge is 0.459 e. The molecule has 1 aromatic carbocycles. The Morgan fingerprint density at radius 1 is 0.758 bits per heavy atom. The summed E-state index contributed by atoms with van der Waals surface area (Å²) in [5.41, 5.74) is -0.365. The van der Waals surface area contributed by atoms with Gasteiger partial charge in [0.15, 0.2) is 0 Å². The predicted octanol–water partition coefficient (Wildman–Crippen LogP) is 8.13. The Balaban J connectivity index is 3.04. The zero-order chi connectivity index (χ0) is 24.8. The molecule has 0 amide bonds. The molecule has 0 spiro atoms. The summed E-state index contributed by atoms with van der Waals surface area (Å²) >= 11 is 0. The van der Waals surface area contributed by atoms with Gasteiger partial charge in [0.05, 0.1) is 5.56 Å². The third-order valence-corrected chi connectivity index (χ3v) is 5.88. The smallest absolute Gasteiger partial charge is 0.342 e. The highest BCUT2D eigenvalue weighted by Crippen LogP contribution is 2.23. The maximum absolute atomic E-state index is 14.8. The van der Waals surface area contributed by atoms with Gasteiger partial charge in [-0.15, -0.1) is 0 Å². The van der Waals surface area contributed by atoms with E-state index < -0.39 is 17.8 Å². The SMILES string of the molecule is CCCCC(CCC(C)C)OC(=O)c1cccc(F)c1C(=O)OC(CCCC)CCC(C)C. The van der Waals surface area contributed by atoms with Gasteiger partial charge in [0, 0.05) is 0 Å². The van der Waals surface area contributed by atoms with Crippen molar-refractivity contribution in [2.75, 3.05) is 0 Å². The molecule has 5 heteroatoms. The van der Waals surface area contributed by atoms with Crippen LogP contribution in [0.1, 0.15) is 126 Å². The molecule has 1 rings (SSSR count). The minimum Gasteiger partial charge on any atom is -0.459 e. The number of benzene rings is 1. The van der Waals surface area contributed by atoms with Crippen molar-refractivity contribution < 1.29 is 23.5 Å². The van der Waals surface area contributed by atoms with E-state index in [0.29, 0.717) is 11.8 Å².